The number of halogens is 1. The topological polar surface area (TPSA) is 89.7 Å². The fourth-order valence-corrected chi connectivity index (χ4v) is 2.01. The van der Waals surface area contributed by atoms with Gasteiger partial charge in [-0.1, -0.05) is 29.8 Å². The number of aryl methyl sites for hydroxylation is 1. The van der Waals surface area contributed by atoms with Crippen LogP contribution in [0.15, 0.2) is 36.4 Å². The van der Waals surface area contributed by atoms with Crippen molar-refractivity contribution in [1.82, 2.24) is 0 Å². The van der Waals surface area contributed by atoms with E-state index in [1.54, 1.807) is 19.1 Å². The maximum atomic E-state index is 11.2. The Morgan fingerprint density at radius 2 is 1.90 bits per heavy atom. The van der Waals surface area contributed by atoms with Gasteiger partial charge in [0.2, 0.25) is 5.75 Å². The highest BCUT2D eigenvalue weighted by Crippen LogP contribution is 2.39. The predicted molar refractivity (Wildman–Crippen MR) is 76.3 cm³/mol. The van der Waals surface area contributed by atoms with Crippen LogP contribution in [0.2, 0.25) is 5.02 Å². The monoisotopic (exact) mass is 307 g/mol. The number of carboxylic acid groups (broad SMARTS) is 1. The van der Waals surface area contributed by atoms with Crippen LogP contribution >= 0.6 is 11.6 Å². The summed E-state index contributed by atoms with van der Waals surface area (Å²) in [5, 5.41) is 20.2. The summed E-state index contributed by atoms with van der Waals surface area (Å²) < 4.78 is 5.47. The van der Waals surface area contributed by atoms with Gasteiger partial charge in [0.25, 0.3) is 0 Å². The van der Waals surface area contributed by atoms with Crippen LogP contribution in [-0.4, -0.2) is 16.0 Å². The molecule has 0 heterocycles. The molecule has 21 heavy (non-hydrogen) atoms. The number of aromatic carboxylic acids is 1. The lowest BCUT2D eigenvalue weighted by Crippen LogP contribution is -2.03. The van der Waals surface area contributed by atoms with Crippen LogP contribution in [0.3, 0.4) is 0 Å². The third kappa shape index (κ3) is 2.95. The molecule has 7 heteroatoms. The molecule has 0 aromatic heterocycles. The van der Waals surface area contributed by atoms with Crippen molar-refractivity contribution in [3.8, 4) is 11.5 Å². The molecule has 0 bridgehead atoms. The van der Waals surface area contributed by atoms with E-state index in [0.717, 1.165) is 0 Å². The lowest BCUT2D eigenvalue weighted by atomic mass is 10.1. The molecule has 0 unspecified atom stereocenters. The molecule has 0 aliphatic carbocycles. The molecule has 0 amide bonds. The van der Waals surface area contributed by atoms with Gasteiger partial charge in [-0.25, -0.2) is 4.79 Å². The van der Waals surface area contributed by atoms with Crippen LogP contribution in [0.4, 0.5) is 5.69 Å². The van der Waals surface area contributed by atoms with E-state index in [4.69, 9.17) is 21.4 Å². The molecular weight excluding hydrogens is 298 g/mol. The normalized spacial score (nSPS) is 10.2. The van der Waals surface area contributed by atoms with E-state index < -0.39 is 10.9 Å². The van der Waals surface area contributed by atoms with Crippen LogP contribution in [-0.2, 0) is 0 Å². The lowest BCUT2D eigenvalue weighted by molar-refractivity contribution is -0.385. The highest BCUT2D eigenvalue weighted by atomic mass is 35.5. The molecule has 0 saturated heterocycles. The van der Waals surface area contributed by atoms with Crippen molar-refractivity contribution in [3.05, 3.63) is 62.7 Å². The van der Waals surface area contributed by atoms with Crippen LogP contribution in [0, 0.1) is 17.0 Å². The number of rotatable bonds is 4. The van der Waals surface area contributed by atoms with E-state index in [1.165, 1.54) is 24.3 Å². The standard InChI is InChI=1S/C14H10ClNO5/c1-8-4-2-5-9(14(17)18)12(8)21-13-10(15)6-3-7-11(13)16(19)20/h2-7H,1H3,(H,17,18). The van der Waals surface area contributed by atoms with Crippen molar-refractivity contribution in [2.24, 2.45) is 0 Å². The van der Waals surface area contributed by atoms with E-state index >= 15 is 0 Å². The Kier molecular flexibility index (Phi) is 4.09. The summed E-state index contributed by atoms with van der Waals surface area (Å²) in [4.78, 5) is 21.6. The average Bonchev–Trinajstić information content (AvgIpc) is 2.42. The maximum Gasteiger partial charge on any atom is 0.339 e. The second-order valence-electron chi connectivity index (χ2n) is 4.20. The van der Waals surface area contributed by atoms with E-state index in [9.17, 15) is 14.9 Å². The zero-order valence-corrected chi connectivity index (χ0v) is 11.6. The number of carbonyl (C=O) groups is 1. The van der Waals surface area contributed by atoms with Crippen molar-refractivity contribution in [3.63, 3.8) is 0 Å². The van der Waals surface area contributed by atoms with Gasteiger partial charge >= 0.3 is 11.7 Å². The van der Waals surface area contributed by atoms with Crippen LogP contribution in [0.5, 0.6) is 11.5 Å². The number of nitro benzene ring substituents is 1. The Bertz CT molecular complexity index is 668. The number of benzene rings is 2. The summed E-state index contributed by atoms with van der Waals surface area (Å²) in [6.07, 6.45) is 0. The Hall–Kier alpha value is -2.60. The maximum absolute atomic E-state index is 11.2. The van der Waals surface area contributed by atoms with E-state index in [1.807, 2.05) is 0 Å². The molecule has 1 N–H and O–H groups in total. The van der Waals surface area contributed by atoms with Gasteiger partial charge < -0.3 is 9.84 Å². The number of nitro groups is 1. The molecule has 6 nitrogen and oxygen atoms in total. The highest BCUT2D eigenvalue weighted by Gasteiger charge is 2.22. The van der Waals surface area contributed by atoms with Crippen molar-refractivity contribution >= 4 is 23.3 Å². The molecule has 0 aliphatic rings. The quantitative estimate of drug-likeness (QED) is 0.680. The average molecular weight is 308 g/mol. The number of para-hydroxylation sites is 2. The Morgan fingerprint density at radius 3 is 2.52 bits per heavy atom. The third-order valence-electron chi connectivity index (χ3n) is 2.79. The van der Waals surface area contributed by atoms with Gasteiger partial charge in [-0.15, -0.1) is 0 Å². The first kappa shape index (κ1) is 14.8. The van der Waals surface area contributed by atoms with Crippen LogP contribution < -0.4 is 4.74 Å². The zero-order valence-electron chi connectivity index (χ0n) is 10.9. The van der Waals surface area contributed by atoms with Crippen molar-refractivity contribution in [2.45, 2.75) is 6.92 Å². The minimum absolute atomic E-state index is 0.0289. The smallest absolute Gasteiger partial charge is 0.339 e. The summed E-state index contributed by atoms with van der Waals surface area (Å²) in [7, 11) is 0. The first-order chi connectivity index (χ1) is 9.91. The molecule has 2 rings (SSSR count). The van der Waals surface area contributed by atoms with Gasteiger partial charge in [0.05, 0.1) is 9.95 Å². The molecule has 0 saturated carbocycles. The molecule has 0 radical (unpaired) electrons. The van der Waals surface area contributed by atoms with Crippen LogP contribution in [0.1, 0.15) is 15.9 Å². The molecule has 108 valence electrons. The number of ether oxygens (including phenoxy) is 1. The minimum Gasteiger partial charge on any atom is -0.478 e. The Labute approximate surface area is 124 Å². The van der Waals surface area contributed by atoms with Gasteiger partial charge in [-0.05, 0) is 24.6 Å². The summed E-state index contributed by atoms with van der Waals surface area (Å²) in [5.74, 6) is -1.34. The van der Waals surface area contributed by atoms with E-state index in [-0.39, 0.29) is 27.8 Å². The zero-order chi connectivity index (χ0) is 15.6. The summed E-state index contributed by atoms with van der Waals surface area (Å²) >= 11 is 5.93. The van der Waals surface area contributed by atoms with Gasteiger partial charge in [0.15, 0.2) is 0 Å². The van der Waals surface area contributed by atoms with E-state index in [0.29, 0.717) is 5.56 Å². The molecule has 2 aromatic rings. The van der Waals surface area contributed by atoms with Gasteiger partial charge in [0.1, 0.15) is 11.3 Å². The molecule has 2 aromatic carbocycles. The second-order valence-corrected chi connectivity index (χ2v) is 4.61. The first-order valence-electron chi connectivity index (χ1n) is 5.85. The SMILES string of the molecule is Cc1cccc(C(=O)O)c1Oc1c(Cl)cccc1[N+](=O)[O-]. The summed E-state index contributed by atoms with van der Waals surface area (Å²) in [6, 6.07) is 8.65. The minimum atomic E-state index is -1.19. The Morgan fingerprint density at radius 1 is 1.24 bits per heavy atom. The first-order valence-corrected chi connectivity index (χ1v) is 6.23. The highest BCUT2D eigenvalue weighted by molar-refractivity contribution is 6.32. The van der Waals surface area contributed by atoms with Crippen molar-refractivity contribution in [1.29, 1.82) is 0 Å². The molecule has 0 spiro atoms. The summed E-state index contributed by atoms with van der Waals surface area (Å²) in [5.41, 5.74) is 0.107. The van der Waals surface area contributed by atoms with Crippen molar-refractivity contribution < 1.29 is 19.6 Å². The second kappa shape index (κ2) is 5.80. The fraction of sp³-hybridized carbons (Fsp3) is 0.0714. The van der Waals surface area contributed by atoms with Gasteiger partial charge in [-0.3, -0.25) is 10.1 Å². The van der Waals surface area contributed by atoms with Gasteiger partial charge in [-0.2, -0.15) is 0 Å². The molecule has 0 fully saturated rings. The third-order valence-corrected chi connectivity index (χ3v) is 3.09. The van der Waals surface area contributed by atoms with Crippen molar-refractivity contribution in [2.75, 3.05) is 0 Å². The fourth-order valence-electron chi connectivity index (χ4n) is 1.80. The molecular formula is C14H10ClNO5. The molecule has 0 atom stereocenters. The van der Waals surface area contributed by atoms with E-state index in [2.05, 4.69) is 0 Å². The lowest BCUT2D eigenvalue weighted by Gasteiger charge is -2.12. The van der Waals surface area contributed by atoms with Gasteiger partial charge in [0, 0.05) is 6.07 Å². The number of hydrogen-bond acceptors (Lipinski definition) is 4. The largest absolute Gasteiger partial charge is 0.478 e. The Balaban J connectivity index is 2.59. The van der Waals surface area contributed by atoms with Crippen LogP contribution in [0.25, 0.3) is 0 Å². The predicted octanol–water partition coefficient (Wildman–Crippen LogP) is 4.05. The molecule has 0 aliphatic heterocycles. The number of nitrogens with zero attached hydrogens (tertiary/aromatic N) is 1. The number of carboxylic acids is 1. The number of hydrogen-bond donors (Lipinski definition) is 1. The summed E-state index contributed by atoms with van der Waals surface area (Å²) in [6.45, 7) is 1.64.